The number of hydrogen-bond donors (Lipinski definition) is 1. The van der Waals surface area contributed by atoms with Crippen LogP contribution >= 0.6 is 11.3 Å². The van der Waals surface area contributed by atoms with Crippen LogP contribution < -0.4 is 10.6 Å². The van der Waals surface area contributed by atoms with Crippen molar-refractivity contribution < 1.29 is 12.9 Å². The molecule has 2 saturated heterocycles. The molecule has 2 N–H and O–H groups in total. The van der Waals surface area contributed by atoms with Gasteiger partial charge in [-0.05, 0) is 83.9 Å². The molecule has 4 aromatic heterocycles. The first-order valence-electron chi connectivity index (χ1n) is 16.3. The molecule has 1 spiro atoms. The average Bonchev–Trinajstić information content (AvgIpc) is 3.85. The third-order valence-electron chi connectivity index (χ3n) is 11.1. The van der Waals surface area contributed by atoms with Crippen LogP contribution in [-0.4, -0.2) is 82.5 Å². The number of nitriles is 1. The number of likely N-dealkylation sites (tertiary alicyclic amines) is 1. The highest BCUT2D eigenvalue weighted by Crippen LogP contribution is 2.55. The van der Waals surface area contributed by atoms with Gasteiger partial charge >= 0.3 is 0 Å². The SMILES string of the molecule is C[C@@H]([C@@H]1CCCN1C)n1ncc2c(N3CC[C@H](S(C)(=O)=O)C3)nc(-c3noc4c3CCC[C@@]43CCCc4sc(N)c(C#N)c43)nc21. The van der Waals surface area contributed by atoms with Crippen molar-refractivity contribution in [2.75, 3.05) is 43.6 Å². The van der Waals surface area contributed by atoms with Crippen LogP contribution in [-0.2, 0) is 28.1 Å². The van der Waals surface area contributed by atoms with Gasteiger partial charge in [-0.1, -0.05) is 5.16 Å². The summed E-state index contributed by atoms with van der Waals surface area (Å²) >= 11 is 1.53. The summed E-state index contributed by atoms with van der Waals surface area (Å²) in [5.41, 5.74) is 9.85. The van der Waals surface area contributed by atoms with Gasteiger partial charge in [0.05, 0.1) is 33.9 Å². The van der Waals surface area contributed by atoms with Crippen molar-refractivity contribution >= 4 is 43.0 Å². The van der Waals surface area contributed by atoms with Crippen molar-refractivity contribution in [1.29, 1.82) is 5.26 Å². The number of hydrogen-bond acceptors (Lipinski definition) is 12. The van der Waals surface area contributed by atoms with Crippen molar-refractivity contribution in [1.82, 2.24) is 29.8 Å². The van der Waals surface area contributed by atoms with Crippen LogP contribution in [0.15, 0.2) is 10.7 Å². The number of rotatable bonds is 5. The molecule has 2 aliphatic carbocycles. The Morgan fingerprint density at radius 2 is 1.98 bits per heavy atom. The number of nitrogen functional groups attached to an aromatic ring is 1. The van der Waals surface area contributed by atoms with Crippen LogP contribution in [0, 0.1) is 11.3 Å². The van der Waals surface area contributed by atoms with Crippen molar-refractivity contribution in [3.05, 3.63) is 33.5 Å². The quantitative estimate of drug-likeness (QED) is 0.326. The highest BCUT2D eigenvalue weighted by molar-refractivity contribution is 7.91. The van der Waals surface area contributed by atoms with Crippen LogP contribution in [0.2, 0.25) is 0 Å². The standard InChI is InChI=1S/C32H39N9O3S2/c1-18(23-8-6-13-39(23)2)41-31-22(16-35-41)30(40-14-10-19(17-40)46(3,42)43)36-29(37-31)26-20-7-4-11-32(27(20)44-38-26)12-5-9-24-25(32)21(15-33)28(34)45-24/h16,18-19,23H,4-14,17,34H2,1-3H3/t18-,19-,23-,32-/m0/s1. The number of aromatic nitrogens is 5. The Kier molecular flexibility index (Phi) is 6.97. The lowest BCUT2D eigenvalue weighted by atomic mass is 9.63. The van der Waals surface area contributed by atoms with E-state index >= 15 is 0 Å². The number of nitrogens with two attached hydrogens (primary N) is 1. The normalized spacial score (nSPS) is 25.7. The summed E-state index contributed by atoms with van der Waals surface area (Å²) in [6, 6.07) is 2.80. The van der Waals surface area contributed by atoms with Gasteiger partial charge in [0.1, 0.15) is 16.9 Å². The van der Waals surface area contributed by atoms with Crippen molar-refractivity contribution in [2.45, 2.75) is 87.5 Å². The zero-order chi connectivity index (χ0) is 32.0. The molecule has 242 valence electrons. The van der Waals surface area contributed by atoms with E-state index in [2.05, 4.69) is 35.0 Å². The van der Waals surface area contributed by atoms with Gasteiger partial charge in [-0.25, -0.2) is 23.1 Å². The van der Waals surface area contributed by atoms with E-state index in [9.17, 15) is 13.7 Å². The molecule has 4 aromatic rings. The fourth-order valence-electron chi connectivity index (χ4n) is 8.75. The maximum Gasteiger partial charge on any atom is 0.186 e. The Morgan fingerprint density at radius 3 is 2.70 bits per heavy atom. The molecule has 0 bridgehead atoms. The number of anilines is 2. The molecule has 0 radical (unpaired) electrons. The largest absolute Gasteiger partial charge is 0.389 e. The van der Waals surface area contributed by atoms with Crippen molar-refractivity contribution in [3.63, 3.8) is 0 Å². The summed E-state index contributed by atoms with van der Waals surface area (Å²) in [5.74, 6) is 1.95. The van der Waals surface area contributed by atoms with Gasteiger partial charge < -0.3 is 20.1 Å². The lowest BCUT2D eigenvalue weighted by Gasteiger charge is -2.39. The van der Waals surface area contributed by atoms with E-state index in [4.69, 9.17) is 25.3 Å². The fourth-order valence-corrected chi connectivity index (χ4v) is 10.9. The first-order chi connectivity index (χ1) is 22.1. The predicted molar refractivity (Wildman–Crippen MR) is 177 cm³/mol. The number of nitrogens with zero attached hydrogens (tertiary/aromatic N) is 8. The molecule has 4 atom stereocenters. The second-order valence-corrected chi connectivity index (χ2v) is 17.2. The molecule has 0 amide bonds. The molecule has 6 heterocycles. The van der Waals surface area contributed by atoms with E-state index in [0.29, 0.717) is 53.5 Å². The molecule has 4 aliphatic rings. The van der Waals surface area contributed by atoms with Crippen LogP contribution in [0.1, 0.15) is 85.2 Å². The second kappa shape index (κ2) is 10.7. The maximum atomic E-state index is 12.5. The summed E-state index contributed by atoms with van der Waals surface area (Å²) in [5, 5.41) is 20.6. The first-order valence-corrected chi connectivity index (χ1v) is 19.1. The van der Waals surface area contributed by atoms with E-state index in [1.54, 1.807) is 0 Å². The van der Waals surface area contributed by atoms with Crippen LogP contribution in [0.5, 0.6) is 0 Å². The minimum Gasteiger partial charge on any atom is -0.389 e. The van der Waals surface area contributed by atoms with Crippen molar-refractivity contribution in [2.24, 2.45) is 0 Å². The third kappa shape index (κ3) is 4.41. The molecule has 0 saturated carbocycles. The Labute approximate surface area is 272 Å². The van der Waals surface area contributed by atoms with E-state index in [1.807, 2.05) is 10.9 Å². The van der Waals surface area contributed by atoms with E-state index < -0.39 is 20.5 Å². The molecule has 14 heteroatoms. The van der Waals surface area contributed by atoms with E-state index in [0.717, 1.165) is 85.8 Å². The lowest BCUT2D eigenvalue weighted by Crippen LogP contribution is -2.35. The highest BCUT2D eigenvalue weighted by Gasteiger charge is 2.49. The van der Waals surface area contributed by atoms with E-state index in [1.165, 1.54) is 22.5 Å². The Morgan fingerprint density at radius 1 is 1.17 bits per heavy atom. The summed E-state index contributed by atoms with van der Waals surface area (Å²) in [4.78, 5) is 15.9. The molecular weight excluding hydrogens is 623 g/mol. The molecular formula is C32H39N9O3S2. The first kappa shape index (κ1) is 29.8. The molecule has 8 rings (SSSR count). The molecule has 2 aliphatic heterocycles. The van der Waals surface area contributed by atoms with Crippen molar-refractivity contribution in [3.8, 4) is 17.6 Å². The van der Waals surface area contributed by atoms with Gasteiger partial charge in [-0.2, -0.15) is 10.4 Å². The minimum atomic E-state index is -3.20. The number of likely N-dealkylation sites (N-methyl/N-ethyl adjacent to an activating group) is 1. The smallest absolute Gasteiger partial charge is 0.186 e. The van der Waals surface area contributed by atoms with Gasteiger partial charge in [-0.3, -0.25) is 0 Å². The number of fused-ring (bicyclic) bond motifs is 5. The van der Waals surface area contributed by atoms with Gasteiger partial charge in [0.25, 0.3) is 0 Å². The van der Waals surface area contributed by atoms with Gasteiger partial charge in [-0.15, -0.1) is 11.3 Å². The second-order valence-electron chi connectivity index (χ2n) is 13.7. The summed E-state index contributed by atoms with van der Waals surface area (Å²) < 4.78 is 33.3. The Hall–Kier alpha value is -3.54. The Bertz CT molecular complexity index is 2000. The molecule has 46 heavy (non-hydrogen) atoms. The van der Waals surface area contributed by atoms with Gasteiger partial charge in [0.15, 0.2) is 32.8 Å². The zero-order valence-electron chi connectivity index (χ0n) is 26.5. The van der Waals surface area contributed by atoms with Crippen LogP contribution in [0.25, 0.3) is 22.6 Å². The minimum absolute atomic E-state index is 0.0755. The lowest BCUT2D eigenvalue weighted by molar-refractivity contribution is 0.232. The van der Waals surface area contributed by atoms with Gasteiger partial charge in [0, 0.05) is 35.8 Å². The maximum absolute atomic E-state index is 12.5. The topological polar surface area (TPSA) is 160 Å². The molecule has 0 unspecified atom stereocenters. The monoisotopic (exact) mass is 661 g/mol. The predicted octanol–water partition coefficient (Wildman–Crippen LogP) is 4.23. The number of aryl methyl sites for hydroxylation is 1. The molecule has 12 nitrogen and oxygen atoms in total. The summed E-state index contributed by atoms with van der Waals surface area (Å²) in [7, 11) is -1.04. The fraction of sp³-hybridized carbons (Fsp3) is 0.594. The third-order valence-corrected chi connectivity index (χ3v) is 13.7. The van der Waals surface area contributed by atoms with Crippen LogP contribution in [0.4, 0.5) is 10.8 Å². The number of sulfone groups is 1. The summed E-state index contributed by atoms with van der Waals surface area (Å²) in [6.45, 7) is 4.19. The average molecular weight is 662 g/mol. The van der Waals surface area contributed by atoms with E-state index in [-0.39, 0.29) is 6.04 Å². The molecule has 2 fully saturated rings. The highest BCUT2D eigenvalue weighted by atomic mass is 32.2. The Balaban J connectivity index is 1.29. The zero-order valence-corrected chi connectivity index (χ0v) is 28.1. The van der Waals surface area contributed by atoms with Gasteiger partial charge in [0.2, 0.25) is 0 Å². The molecule has 0 aromatic carbocycles. The summed E-state index contributed by atoms with van der Waals surface area (Å²) in [6.07, 6.45) is 11.3. The van der Waals surface area contributed by atoms with Crippen LogP contribution in [0.3, 0.4) is 0 Å². The number of thiophene rings is 1.